The summed E-state index contributed by atoms with van der Waals surface area (Å²) in [5.41, 5.74) is 0.452. The van der Waals surface area contributed by atoms with E-state index in [1.165, 1.54) is 25.7 Å². The van der Waals surface area contributed by atoms with E-state index in [4.69, 9.17) is 5.11 Å². The van der Waals surface area contributed by atoms with Crippen LogP contribution in [0.3, 0.4) is 0 Å². The standard InChI is InChI=1S/C14H29NO/c1-13(2,12-7-5-6-8-12)11-15-14(3,4)9-10-16/h12,15-16H,5-11H2,1-4H3. The molecule has 0 atom stereocenters. The molecule has 0 spiro atoms. The number of hydrogen-bond donors (Lipinski definition) is 2. The van der Waals surface area contributed by atoms with Gasteiger partial charge in [0, 0.05) is 18.7 Å². The van der Waals surface area contributed by atoms with E-state index < -0.39 is 0 Å². The Bertz CT molecular complexity index is 205. The molecule has 0 saturated heterocycles. The van der Waals surface area contributed by atoms with E-state index in [1.54, 1.807) is 0 Å². The Hall–Kier alpha value is -0.0800. The van der Waals surface area contributed by atoms with Gasteiger partial charge in [-0.1, -0.05) is 26.7 Å². The minimum atomic E-state index is 0.0601. The quantitative estimate of drug-likeness (QED) is 0.731. The van der Waals surface area contributed by atoms with Crippen molar-refractivity contribution >= 4 is 0 Å². The van der Waals surface area contributed by atoms with Crippen LogP contribution in [-0.4, -0.2) is 23.8 Å². The SMILES string of the molecule is CC(C)(CCO)NCC(C)(C)C1CCCC1. The van der Waals surface area contributed by atoms with Gasteiger partial charge in [-0.05, 0) is 44.4 Å². The summed E-state index contributed by atoms with van der Waals surface area (Å²) in [6.07, 6.45) is 6.44. The Morgan fingerprint density at radius 2 is 1.69 bits per heavy atom. The van der Waals surface area contributed by atoms with Crippen molar-refractivity contribution in [2.75, 3.05) is 13.2 Å². The lowest BCUT2D eigenvalue weighted by Gasteiger charge is -2.36. The molecule has 0 bridgehead atoms. The van der Waals surface area contributed by atoms with Crippen molar-refractivity contribution in [1.82, 2.24) is 5.32 Å². The second kappa shape index (κ2) is 5.50. The first-order valence-corrected chi connectivity index (χ1v) is 6.73. The van der Waals surface area contributed by atoms with Gasteiger partial charge in [0.1, 0.15) is 0 Å². The summed E-state index contributed by atoms with van der Waals surface area (Å²) in [5, 5.41) is 12.6. The zero-order chi connectivity index (χ0) is 12.2. The van der Waals surface area contributed by atoms with Crippen LogP contribution in [-0.2, 0) is 0 Å². The fourth-order valence-electron chi connectivity index (χ4n) is 2.69. The topological polar surface area (TPSA) is 32.3 Å². The largest absolute Gasteiger partial charge is 0.396 e. The number of nitrogens with one attached hydrogen (secondary N) is 1. The number of hydrogen-bond acceptors (Lipinski definition) is 2. The molecule has 0 amide bonds. The van der Waals surface area contributed by atoms with Gasteiger partial charge in [0.2, 0.25) is 0 Å². The molecule has 0 radical (unpaired) electrons. The molecule has 1 aliphatic rings. The molecule has 1 aliphatic carbocycles. The van der Waals surface area contributed by atoms with Crippen LogP contribution in [0.25, 0.3) is 0 Å². The molecule has 16 heavy (non-hydrogen) atoms. The Kier molecular flexibility index (Phi) is 4.81. The van der Waals surface area contributed by atoms with Crippen molar-refractivity contribution in [1.29, 1.82) is 0 Å². The second-order valence-electron chi connectivity index (χ2n) is 6.68. The molecule has 0 unspecified atom stereocenters. The monoisotopic (exact) mass is 227 g/mol. The van der Waals surface area contributed by atoms with E-state index >= 15 is 0 Å². The van der Waals surface area contributed by atoms with Gasteiger partial charge in [0.05, 0.1) is 0 Å². The van der Waals surface area contributed by atoms with Gasteiger partial charge in [0.15, 0.2) is 0 Å². The zero-order valence-electron chi connectivity index (χ0n) is 11.5. The van der Waals surface area contributed by atoms with Crippen LogP contribution in [0.2, 0.25) is 0 Å². The normalized spacial score (nSPS) is 19.3. The van der Waals surface area contributed by atoms with Crippen LogP contribution in [0.4, 0.5) is 0 Å². The summed E-state index contributed by atoms with van der Waals surface area (Å²) in [4.78, 5) is 0. The average Bonchev–Trinajstić information content (AvgIpc) is 2.68. The first-order chi connectivity index (χ1) is 7.37. The lowest BCUT2D eigenvalue weighted by molar-refractivity contribution is 0.168. The van der Waals surface area contributed by atoms with Crippen LogP contribution in [0.15, 0.2) is 0 Å². The van der Waals surface area contributed by atoms with Crippen molar-refractivity contribution in [2.24, 2.45) is 11.3 Å². The third kappa shape index (κ3) is 4.06. The van der Waals surface area contributed by atoms with E-state index in [0.717, 1.165) is 18.9 Å². The maximum absolute atomic E-state index is 9.00. The molecule has 1 fully saturated rings. The number of aliphatic hydroxyl groups excluding tert-OH is 1. The highest BCUT2D eigenvalue weighted by Crippen LogP contribution is 2.39. The highest BCUT2D eigenvalue weighted by atomic mass is 16.3. The van der Waals surface area contributed by atoms with Crippen molar-refractivity contribution in [3.63, 3.8) is 0 Å². The fraction of sp³-hybridized carbons (Fsp3) is 1.00. The molecule has 1 rings (SSSR count). The van der Waals surface area contributed by atoms with Crippen molar-refractivity contribution < 1.29 is 5.11 Å². The summed E-state index contributed by atoms with van der Waals surface area (Å²) in [7, 11) is 0. The molecular weight excluding hydrogens is 198 g/mol. The lowest BCUT2D eigenvalue weighted by Crippen LogP contribution is -2.46. The molecule has 0 aromatic heterocycles. The maximum Gasteiger partial charge on any atom is 0.0448 e. The highest BCUT2D eigenvalue weighted by molar-refractivity contribution is 4.87. The molecule has 96 valence electrons. The molecule has 0 heterocycles. The van der Waals surface area contributed by atoms with Gasteiger partial charge >= 0.3 is 0 Å². The van der Waals surface area contributed by atoms with Crippen LogP contribution < -0.4 is 5.32 Å². The fourth-order valence-corrected chi connectivity index (χ4v) is 2.69. The van der Waals surface area contributed by atoms with Crippen LogP contribution in [0.1, 0.15) is 59.8 Å². The molecule has 0 aromatic carbocycles. The van der Waals surface area contributed by atoms with Crippen molar-refractivity contribution in [3.8, 4) is 0 Å². The molecule has 1 saturated carbocycles. The summed E-state index contributed by atoms with van der Waals surface area (Å²) >= 11 is 0. The number of rotatable bonds is 6. The zero-order valence-corrected chi connectivity index (χ0v) is 11.5. The Labute approximate surface area is 101 Å². The summed E-state index contributed by atoms with van der Waals surface area (Å²) in [6.45, 7) is 10.4. The third-order valence-corrected chi connectivity index (χ3v) is 4.22. The Morgan fingerprint density at radius 3 is 2.19 bits per heavy atom. The first kappa shape index (κ1) is 14.0. The van der Waals surface area contributed by atoms with Crippen LogP contribution >= 0.6 is 0 Å². The maximum atomic E-state index is 9.00. The molecule has 0 aliphatic heterocycles. The molecule has 2 heteroatoms. The minimum absolute atomic E-state index is 0.0601. The summed E-state index contributed by atoms with van der Waals surface area (Å²) < 4.78 is 0. The van der Waals surface area contributed by atoms with Gasteiger partial charge < -0.3 is 10.4 Å². The highest BCUT2D eigenvalue weighted by Gasteiger charge is 2.32. The molecule has 0 aromatic rings. The summed E-state index contributed by atoms with van der Waals surface area (Å²) in [6, 6.07) is 0. The predicted molar refractivity (Wildman–Crippen MR) is 69.5 cm³/mol. The summed E-state index contributed by atoms with van der Waals surface area (Å²) in [5.74, 6) is 0.880. The van der Waals surface area contributed by atoms with E-state index in [-0.39, 0.29) is 12.1 Å². The third-order valence-electron chi connectivity index (χ3n) is 4.22. The minimum Gasteiger partial charge on any atom is -0.396 e. The van der Waals surface area contributed by atoms with Gasteiger partial charge in [-0.3, -0.25) is 0 Å². The van der Waals surface area contributed by atoms with E-state index in [0.29, 0.717) is 5.41 Å². The van der Waals surface area contributed by atoms with Crippen LogP contribution in [0.5, 0.6) is 0 Å². The number of aliphatic hydroxyl groups is 1. The van der Waals surface area contributed by atoms with E-state index in [1.807, 2.05) is 0 Å². The molecule has 2 nitrogen and oxygen atoms in total. The lowest BCUT2D eigenvalue weighted by atomic mass is 9.77. The first-order valence-electron chi connectivity index (χ1n) is 6.73. The van der Waals surface area contributed by atoms with Crippen molar-refractivity contribution in [3.05, 3.63) is 0 Å². The van der Waals surface area contributed by atoms with Gasteiger partial charge in [-0.25, -0.2) is 0 Å². The van der Waals surface area contributed by atoms with E-state index in [2.05, 4.69) is 33.0 Å². The van der Waals surface area contributed by atoms with E-state index in [9.17, 15) is 0 Å². The average molecular weight is 227 g/mol. The van der Waals surface area contributed by atoms with Gasteiger partial charge in [-0.15, -0.1) is 0 Å². The molecular formula is C14H29NO. The van der Waals surface area contributed by atoms with Crippen LogP contribution in [0, 0.1) is 11.3 Å². The van der Waals surface area contributed by atoms with Gasteiger partial charge in [-0.2, -0.15) is 0 Å². The predicted octanol–water partition coefficient (Wildman–Crippen LogP) is 2.95. The second-order valence-corrected chi connectivity index (χ2v) is 6.68. The van der Waals surface area contributed by atoms with Gasteiger partial charge in [0.25, 0.3) is 0 Å². The smallest absolute Gasteiger partial charge is 0.0448 e. The Morgan fingerprint density at radius 1 is 1.12 bits per heavy atom. The molecule has 2 N–H and O–H groups in total. The Balaban J connectivity index is 2.40. The van der Waals surface area contributed by atoms with Crippen molar-refractivity contribution in [2.45, 2.75) is 65.3 Å².